The highest BCUT2D eigenvalue weighted by Gasteiger charge is 1.99. The topological polar surface area (TPSA) is 29.9 Å². The average molecular weight is 221 g/mol. The maximum Gasteiger partial charge on any atom is 0.0952 e. The van der Waals surface area contributed by atoms with Gasteiger partial charge in [-0.2, -0.15) is 11.3 Å². The van der Waals surface area contributed by atoms with Gasteiger partial charge in [-0.1, -0.05) is 0 Å². The Bertz CT molecular complexity index is 392. The molecule has 0 atom stereocenters. The summed E-state index contributed by atoms with van der Waals surface area (Å²) in [6.45, 7) is 1.91. The van der Waals surface area contributed by atoms with Crippen molar-refractivity contribution >= 4 is 11.3 Å². The molecular weight excluding hydrogens is 206 g/mol. The van der Waals surface area contributed by atoms with Gasteiger partial charge in [-0.05, 0) is 29.4 Å². The minimum Gasteiger partial charge on any atom is -0.333 e. The Balaban J connectivity index is 1.95. The van der Waals surface area contributed by atoms with E-state index in [9.17, 15) is 0 Å². The first-order valence-corrected chi connectivity index (χ1v) is 5.99. The number of nitrogens with zero attached hydrogens (tertiary/aromatic N) is 2. The number of likely N-dealkylation sites (N-methyl/N-ethyl adjacent to an activating group) is 1. The molecule has 0 bridgehead atoms. The molecule has 2 heterocycles. The summed E-state index contributed by atoms with van der Waals surface area (Å²) in [6, 6.07) is 2.15. The summed E-state index contributed by atoms with van der Waals surface area (Å²) in [5.41, 5.74) is 2.50. The molecule has 0 amide bonds. The minimum atomic E-state index is 0.927. The van der Waals surface area contributed by atoms with Crippen LogP contribution in [0.2, 0.25) is 0 Å². The number of aromatic nitrogens is 2. The van der Waals surface area contributed by atoms with Crippen LogP contribution in [0, 0.1) is 0 Å². The zero-order chi connectivity index (χ0) is 10.5. The predicted octanol–water partition coefficient (Wildman–Crippen LogP) is 1.75. The number of nitrogens with one attached hydrogen (secondary N) is 1. The molecule has 1 N–H and O–H groups in total. The van der Waals surface area contributed by atoms with Crippen LogP contribution in [0.1, 0.15) is 11.3 Å². The van der Waals surface area contributed by atoms with Crippen LogP contribution in [0.15, 0.2) is 29.4 Å². The van der Waals surface area contributed by atoms with E-state index in [4.69, 9.17) is 0 Å². The summed E-state index contributed by atoms with van der Waals surface area (Å²) in [4.78, 5) is 4.36. The largest absolute Gasteiger partial charge is 0.333 e. The molecule has 15 heavy (non-hydrogen) atoms. The van der Waals surface area contributed by atoms with Gasteiger partial charge in [0, 0.05) is 25.7 Å². The SMILES string of the molecule is CNCCc1cn(Cc2ccsc2)cn1. The van der Waals surface area contributed by atoms with Crippen molar-refractivity contribution in [3.8, 4) is 0 Å². The van der Waals surface area contributed by atoms with Gasteiger partial charge in [0.05, 0.1) is 12.0 Å². The first-order valence-electron chi connectivity index (χ1n) is 5.05. The molecule has 0 aromatic carbocycles. The quantitative estimate of drug-likeness (QED) is 0.833. The fourth-order valence-electron chi connectivity index (χ4n) is 1.47. The van der Waals surface area contributed by atoms with Gasteiger partial charge in [0.1, 0.15) is 0 Å². The van der Waals surface area contributed by atoms with Crippen molar-refractivity contribution in [1.82, 2.24) is 14.9 Å². The van der Waals surface area contributed by atoms with E-state index in [1.165, 1.54) is 5.56 Å². The third-order valence-electron chi connectivity index (χ3n) is 2.26. The molecule has 0 aliphatic rings. The second-order valence-corrected chi connectivity index (χ2v) is 4.30. The lowest BCUT2D eigenvalue weighted by molar-refractivity contribution is 0.774. The second-order valence-electron chi connectivity index (χ2n) is 3.52. The Morgan fingerprint density at radius 3 is 3.20 bits per heavy atom. The lowest BCUT2D eigenvalue weighted by atomic mass is 10.3. The van der Waals surface area contributed by atoms with Gasteiger partial charge in [0.25, 0.3) is 0 Å². The predicted molar refractivity (Wildman–Crippen MR) is 63.3 cm³/mol. The Morgan fingerprint density at radius 2 is 2.47 bits per heavy atom. The van der Waals surface area contributed by atoms with E-state index in [1.54, 1.807) is 11.3 Å². The zero-order valence-electron chi connectivity index (χ0n) is 8.81. The summed E-state index contributed by atoms with van der Waals surface area (Å²) in [7, 11) is 1.96. The van der Waals surface area contributed by atoms with Gasteiger partial charge in [-0.15, -0.1) is 0 Å². The number of thiophene rings is 1. The summed E-state index contributed by atoms with van der Waals surface area (Å²) >= 11 is 1.74. The third-order valence-corrected chi connectivity index (χ3v) is 3.00. The Labute approximate surface area is 93.8 Å². The first kappa shape index (κ1) is 10.4. The van der Waals surface area contributed by atoms with Gasteiger partial charge in [-0.3, -0.25) is 0 Å². The molecule has 0 saturated carbocycles. The van der Waals surface area contributed by atoms with Crippen molar-refractivity contribution in [3.63, 3.8) is 0 Å². The number of imidazole rings is 1. The van der Waals surface area contributed by atoms with Crippen LogP contribution >= 0.6 is 11.3 Å². The van der Waals surface area contributed by atoms with Crippen molar-refractivity contribution in [3.05, 3.63) is 40.6 Å². The molecular formula is C11H15N3S. The maximum atomic E-state index is 4.36. The smallest absolute Gasteiger partial charge is 0.0952 e. The highest BCUT2D eigenvalue weighted by molar-refractivity contribution is 7.07. The fraction of sp³-hybridized carbons (Fsp3) is 0.364. The maximum absolute atomic E-state index is 4.36. The molecule has 0 aliphatic heterocycles. The van der Waals surface area contributed by atoms with E-state index in [1.807, 2.05) is 13.4 Å². The van der Waals surface area contributed by atoms with Crippen molar-refractivity contribution in [1.29, 1.82) is 0 Å². The van der Waals surface area contributed by atoms with E-state index in [2.05, 4.69) is 37.9 Å². The number of rotatable bonds is 5. The van der Waals surface area contributed by atoms with E-state index >= 15 is 0 Å². The summed E-state index contributed by atoms with van der Waals surface area (Å²) in [5.74, 6) is 0. The molecule has 3 nitrogen and oxygen atoms in total. The molecule has 4 heteroatoms. The molecule has 2 rings (SSSR count). The van der Waals surface area contributed by atoms with Gasteiger partial charge >= 0.3 is 0 Å². The fourth-order valence-corrected chi connectivity index (χ4v) is 2.13. The van der Waals surface area contributed by atoms with Gasteiger partial charge in [0.2, 0.25) is 0 Å². The Kier molecular flexibility index (Phi) is 3.53. The number of hydrogen-bond acceptors (Lipinski definition) is 3. The van der Waals surface area contributed by atoms with Gasteiger partial charge in [0.15, 0.2) is 0 Å². The lowest BCUT2D eigenvalue weighted by Crippen LogP contribution is -2.10. The van der Waals surface area contributed by atoms with Crippen LogP contribution in [0.5, 0.6) is 0 Å². The van der Waals surface area contributed by atoms with Crippen LogP contribution in [0.4, 0.5) is 0 Å². The molecule has 0 fully saturated rings. The Hall–Kier alpha value is -1.13. The van der Waals surface area contributed by atoms with Gasteiger partial charge < -0.3 is 9.88 Å². The van der Waals surface area contributed by atoms with E-state index in [0.29, 0.717) is 0 Å². The van der Waals surface area contributed by atoms with E-state index in [-0.39, 0.29) is 0 Å². The van der Waals surface area contributed by atoms with Crippen LogP contribution in [-0.4, -0.2) is 23.1 Å². The molecule has 0 radical (unpaired) electrons. The second kappa shape index (κ2) is 5.09. The minimum absolute atomic E-state index is 0.927. The lowest BCUT2D eigenvalue weighted by Gasteiger charge is -1.98. The summed E-state index contributed by atoms with van der Waals surface area (Å²) in [5, 5.41) is 7.40. The molecule has 2 aromatic rings. The van der Waals surface area contributed by atoms with E-state index < -0.39 is 0 Å². The highest BCUT2D eigenvalue weighted by atomic mass is 32.1. The summed E-state index contributed by atoms with van der Waals surface area (Å²) in [6.07, 6.45) is 5.02. The van der Waals surface area contributed by atoms with Crippen LogP contribution in [-0.2, 0) is 13.0 Å². The zero-order valence-corrected chi connectivity index (χ0v) is 9.63. The molecule has 2 aromatic heterocycles. The third kappa shape index (κ3) is 2.91. The van der Waals surface area contributed by atoms with Crippen molar-refractivity contribution in [2.75, 3.05) is 13.6 Å². The molecule has 80 valence electrons. The van der Waals surface area contributed by atoms with Crippen molar-refractivity contribution in [2.24, 2.45) is 0 Å². The Morgan fingerprint density at radius 1 is 1.53 bits per heavy atom. The monoisotopic (exact) mass is 221 g/mol. The molecule has 0 saturated heterocycles. The number of hydrogen-bond donors (Lipinski definition) is 1. The molecule has 0 unspecified atom stereocenters. The van der Waals surface area contributed by atoms with Crippen LogP contribution < -0.4 is 5.32 Å². The highest BCUT2D eigenvalue weighted by Crippen LogP contribution is 2.08. The average Bonchev–Trinajstić information content (AvgIpc) is 2.87. The van der Waals surface area contributed by atoms with Gasteiger partial charge in [-0.25, -0.2) is 4.98 Å². The standard InChI is InChI=1S/C11H15N3S/c1-12-4-2-11-7-14(9-13-11)6-10-3-5-15-8-10/h3,5,7-9,12H,2,4,6H2,1H3. The van der Waals surface area contributed by atoms with Crippen molar-refractivity contribution in [2.45, 2.75) is 13.0 Å². The normalized spacial score (nSPS) is 10.7. The van der Waals surface area contributed by atoms with Crippen molar-refractivity contribution < 1.29 is 0 Å². The molecule has 0 aliphatic carbocycles. The van der Waals surface area contributed by atoms with Crippen LogP contribution in [0.25, 0.3) is 0 Å². The van der Waals surface area contributed by atoms with E-state index in [0.717, 1.165) is 25.2 Å². The summed E-state index contributed by atoms with van der Waals surface area (Å²) < 4.78 is 2.13. The van der Waals surface area contributed by atoms with Crippen LogP contribution in [0.3, 0.4) is 0 Å². The molecule has 0 spiro atoms. The first-order chi connectivity index (χ1) is 7.38.